The lowest BCUT2D eigenvalue weighted by Gasteiger charge is -2.37. The number of ether oxygens (including phenoxy) is 1. The van der Waals surface area contributed by atoms with Gasteiger partial charge in [0.15, 0.2) is 0 Å². The number of rotatable bonds is 2. The smallest absolute Gasteiger partial charge is 0.311 e. The van der Waals surface area contributed by atoms with Gasteiger partial charge in [-0.15, -0.1) is 0 Å². The topological polar surface area (TPSA) is 46.6 Å². The van der Waals surface area contributed by atoms with Gasteiger partial charge in [-0.05, 0) is 12.0 Å². The predicted octanol–water partition coefficient (Wildman–Crippen LogP) is 1.77. The molecule has 1 aliphatic rings. The number of carbonyl (C=O) groups is 2. The van der Waals surface area contributed by atoms with Crippen molar-refractivity contribution in [1.29, 1.82) is 0 Å². The first-order chi connectivity index (χ1) is 8.65. The summed E-state index contributed by atoms with van der Waals surface area (Å²) in [5, 5.41) is 0. The van der Waals surface area contributed by atoms with Crippen LogP contribution in [-0.4, -0.2) is 30.9 Å². The van der Waals surface area contributed by atoms with Crippen molar-refractivity contribution in [2.45, 2.75) is 18.9 Å². The van der Waals surface area contributed by atoms with Gasteiger partial charge in [-0.1, -0.05) is 30.3 Å². The molecule has 96 valence electrons. The molecule has 1 amide bonds. The molecular weight excluding hydrogens is 230 g/mol. The first-order valence-corrected chi connectivity index (χ1v) is 6.03. The largest absolute Gasteiger partial charge is 0.469 e. The molecule has 1 aromatic rings. The summed E-state index contributed by atoms with van der Waals surface area (Å²) in [5.74, 6) is -0.452. The van der Waals surface area contributed by atoms with Crippen molar-refractivity contribution in [1.82, 2.24) is 4.90 Å². The van der Waals surface area contributed by atoms with Crippen molar-refractivity contribution in [2.24, 2.45) is 5.92 Å². The lowest BCUT2D eigenvalue weighted by molar-refractivity contribution is -0.153. The maximum Gasteiger partial charge on any atom is 0.311 e. The Morgan fingerprint density at radius 1 is 1.33 bits per heavy atom. The van der Waals surface area contributed by atoms with Gasteiger partial charge < -0.3 is 9.64 Å². The van der Waals surface area contributed by atoms with Crippen molar-refractivity contribution >= 4 is 11.9 Å². The fourth-order valence-electron chi connectivity index (χ4n) is 2.54. The number of nitrogens with zero attached hydrogens (tertiary/aromatic N) is 1. The van der Waals surface area contributed by atoms with Gasteiger partial charge in [-0.3, -0.25) is 9.59 Å². The van der Waals surface area contributed by atoms with Gasteiger partial charge in [0.25, 0.3) is 0 Å². The number of benzene rings is 1. The molecule has 0 bridgehead atoms. The third-order valence-corrected chi connectivity index (χ3v) is 3.51. The van der Waals surface area contributed by atoms with E-state index >= 15 is 0 Å². The molecule has 2 atom stereocenters. The Morgan fingerprint density at radius 3 is 2.61 bits per heavy atom. The number of hydrogen-bond donors (Lipinski definition) is 0. The van der Waals surface area contributed by atoms with Gasteiger partial charge in [0, 0.05) is 13.5 Å². The lowest BCUT2D eigenvalue weighted by atomic mass is 9.84. The lowest BCUT2D eigenvalue weighted by Crippen LogP contribution is -2.43. The highest BCUT2D eigenvalue weighted by molar-refractivity contribution is 5.82. The summed E-state index contributed by atoms with van der Waals surface area (Å²) in [7, 11) is 3.13. The summed E-state index contributed by atoms with van der Waals surface area (Å²) in [5.41, 5.74) is 0.975. The van der Waals surface area contributed by atoms with E-state index in [4.69, 9.17) is 4.74 Å². The second kappa shape index (κ2) is 5.21. The number of methoxy groups -OCH3 is 1. The first-order valence-electron chi connectivity index (χ1n) is 6.03. The van der Waals surface area contributed by atoms with Crippen LogP contribution in [-0.2, 0) is 14.3 Å². The summed E-state index contributed by atoms with van der Waals surface area (Å²) < 4.78 is 4.85. The molecule has 0 aromatic heterocycles. The number of hydrogen-bond acceptors (Lipinski definition) is 3. The number of amides is 1. The molecule has 0 radical (unpaired) electrons. The molecule has 0 saturated carbocycles. The van der Waals surface area contributed by atoms with E-state index in [-0.39, 0.29) is 23.8 Å². The van der Waals surface area contributed by atoms with Crippen LogP contribution in [0.1, 0.15) is 24.4 Å². The van der Waals surface area contributed by atoms with Gasteiger partial charge in [0.2, 0.25) is 5.91 Å². The van der Waals surface area contributed by atoms with E-state index < -0.39 is 0 Å². The van der Waals surface area contributed by atoms with Gasteiger partial charge in [-0.2, -0.15) is 0 Å². The molecule has 0 aliphatic carbocycles. The van der Waals surface area contributed by atoms with Gasteiger partial charge >= 0.3 is 5.97 Å². The van der Waals surface area contributed by atoms with E-state index in [2.05, 4.69) is 0 Å². The van der Waals surface area contributed by atoms with E-state index in [1.54, 1.807) is 11.9 Å². The van der Waals surface area contributed by atoms with E-state index in [0.29, 0.717) is 12.8 Å². The molecule has 1 aliphatic heterocycles. The number of likely N-dealkylation sites (tertiary alicyclic amines) is 1. The Morgan fingerprint density at radius 2 is 2.00 bits per heavy atom. The van der Waals surface area contributed by atoms with Crippen molar-refractivity contribution in [3.63, 3.8) is 0 Å². The summed E-state index contributed by atoms with van der Waals surface area (Å²) in [6.07, 6.45) is 0.953. The van der Waals surface area contributed by atoms with Crippen molar-refractivity contribution in [3.05, 3.63) is 35.9 Å². The Bertz CT molecular complexity index is 444. The molecule has 4 heteroatoms. The molecule has 1 saturated heterocycles. The van der Waals surface area contributed by atoms with Crippen LogP contribution >= 0.6 is 0 Å². The number of carbonyl (C=O) groups excluding carboxylic acids is 2. The highest BCUT2D eigenvalue weighted by Crippen LogP contribution is 2.36. The van der Waals surface area contributed by atoms with Crippen LogP contribution in [0.15, 0.2) is 30.3 Å². The SMILES string of the molecule is COC(=O)[C@@H]1CCC(=O)N(C)[C@@H]1c1ccccc1. The fourth-order valence-corrected chi connectivity index (χ4v) is 2.54. The molecular formula is C14H17NO3. The third-order valence-electron chi connectivity index (χ3n) is 3.51. The van der Waals surface area contributed by atoms with Crippen LogP contribution in [0.5, 0.6) is 0 Å². The second-order valence-corrected chi connectivity index (χ2v) is 4.53. The van der Waals surface area contributed by atoms with Crippen molar-refractivity contribution < 1.29 is 14.3 Å². The summed E-state index contributed by atoms with van der Waals surface area (Å²) >= 11 is 0. The zero-order chi connectivity index (χ0) is 13.1. The van der Waals surface area contributed by atoms with E-state index in [9.17, 15) is 9.59 Å². The molecule has 1 aromatic carbocycles. The molecule has 1 fully saturated rings. The predicted molar refractivity (Wildman–Crippen MR) is 66.7 cm³/mol. The average Bonchev–Trinajstić information content (AvgIpc) is 2.41. The van der Waals surface area contributed by atoms with E-state index in [1.807, 2.05) is 30.3 Å². The maximum absolute atomic E-state index is 11.8. The van der Waals surface area contributed by atoms with Crippen LogP contribution < -0.4 is 0 Å². The minimum atomic E-state index is -0.278. The fraction of sp³-hybridized carbons (Fsp3) is 0.429. The van der Waals surface area contributed by atoms with E-state index in [0.717, 1.165) is 5.56 Å². The summed E-state index contributed by atoms with van der Waals surface area (Å²) in [4.78, 5) is 25.3. The minimum Gasteiger partial charge on any atom is -0.469 e. The zero-order valence-electron chi connectivity index (χ0n) is 10.6. The maximum atomic E-state index is 11.8. The second-order valence-electron chi connectivity index (χ2n) is 4.53. The Hall–Kier alpha value is -1.84. The van der Waals surface area contributed by atoms with E-state index in [1.165, 1.54) is 7.11 Å². The van der Waals surface area contributed by atoms with Crippen LogP contribution in [0, 0.1) is 5.92 Å². The van der Waals surface area contributed by atoms with Crippen LogP contribution in [0.25, 0.3) is 0 Å². The minimum absolute atomic E-state index is 0.0732. The average molecular weight is 247 g/mol. The Balaban J connectivity index is 2.35. The monoisotopic (exact) mass is 247 g/mol. The quantitative estimate of drug-likeness (QED) is 0.748. The van der Waals surface area contributed by atoms with Crippen LogP contribution in [0.4, 0.5) is 0 Å². The normalized spacial score (nSPS) is 23.9. The molecule has 2 rings (SSSR count). The highest BCUT2D eigenvalue weighted by Gasteiger charge is 2.39. The molecule has 0 unspecified atom stereocenters. The number of piperidine rings is 1. The standard InChI is InChI=1S/C14H17NO3/c1-15-12(16)9-8-11(14(17)18-2)13(15)10-6-4-3-5-7-10/h3-7,11,13H,8-9H2,1-2H3/t11-,13-/m1/s1. The van der Waals surface area contributed by atoms with Crippen molar-refractivity contribution in [2.75, 3.05) is 14.2 Å². The molecule has 4 nitrogen and oxygen atoms in total. The number of esters is 1. The molecule has 1 heterocycles. The molecule has 0 N–H and O–H groups in total. The summed E-state index contributed by atoms with van der Waals surface area (Å²) in [6, 6.07) is 9.40. The zero-order valence-corrected chi connectivity index (χ0v) is 10.6. The molecule has 18 heavy (non-hydrogen) atoms. The van der Waals surface area contributed by atoms with Crippen LogP contribution in [0.3, 0.4) is 0 Å². The van der Waals surface area contributed by atoms with Crippen LogP contribution in [0.2, 0.25) is 0 Å². The Labute approximate surface area is 107 Å². The highest BCUT2D eigenvalue weighted by atomic mass is 16.5. The molecule has 0 spiro atoms. The van der Waals surface area contributed by atoms with Gasteiger partial charge in [-0.25, -0.2) is 0 Å². The third kappa shape index (κ3) is 2.23. The first kappa shape index (κ1) is 12.6. The van der Waals surface area contributed by atoms with Gasteiger partial charge in [0.1, 0.15) is 0 Å². The summed E-state index contributed by atoms with van der Waals surface area (Å²) in [6.45, 7) is 0. The Kier molecular flexibility index (Phi) is 3.65. The van der Waals surface area contributed by atoms with Gasteiger partial charge in [0.05, 0.1) is 19.1 Å². The van der Waals surface area contributed by atoms with Crippen molar-refractivity contribution in [3.8, 4) is 0 Å².